The molecule has 1 fully saturated rings. The Hall–Kier alpha value is -3.34. The van der Waals surface area contributed by atoms with Gasteiger partial charge in [0.1, 0.15) is 30.3 Å². The van der Waals surface area contributed by atoms with Crippen LogP contribution in [0.4, 0.5) is 24.9 Å². The number of fused-ring (bicyclic) bond motifs is 1. The van der Waals surface area contributed by atoms with Gasteiger partial charge in [0.2, 0.25) is 5.95 Å². The monoisotopic (exact) mass is 463 g/mol. The highest BCUT2D eigenvalue weighted by Gasteiger charge is 2.45. The number of nitrogens with zero attached hydrogens (tertiary/aromatic N) is 6. The molecule has 0 amide bonds. The Bertz CT molecular complexity index is 1180. The first-order valence-corrected chi connectivity index (χ1v) is 10.1. The minimum absolute atomic E-state index is 0.0289. The van der Waals surface area contributed by atoms with Crippen LogP contribution in [0, 0.1) is 18.7 Å². The second kappa shape index (κ2) is 7.97. The summed E-state index contributed by atoms with van der Waals surface area (Å²) in [7, 11) is 0. The molecule has 1 aromatic carbocycles. The molecule has 0 radical (unpaired) electrons. The van der Waals surface area contributed by atoms with E-state index in [2.05, 4.69) is 36.3 Å². The molecule has 2 unspecified atom stereocenters. The second-order valence-electron chi connectivity index (χ2n) is 7.50. The first-order valence-electron chi connectivity index (χ1n) is 9.77. The lowest BCUT2D eigenvalue weighted by Crippen LogP contribution is -2.34. The van der Waals surface area contributed by atoms with Gasteiger partial charge >= 0.3 is 6.01 Å². The van der Waals surface area contributed by atoms with Crippen LogP contribution in [0.15, 0.2) is 42.4 Å². The second-order valence-corrected chi connectivity index (χ2v) is 7.94. The van der Waals surface area contributed by atoms with E-state index in [-0.39, 0.29) is 34.7 Å². The summed E-state index contributed by atoms with van der Waals surface area (Å²) in [5.74, 6) is 0.516. The molecule has 166 valence electrons. The van der Waals surface area contributed by atoms with Crippen molar-refractivity contribution in [3.05, 3.63) is 58.9 Å². The highest BCUT2D eigenvalue weighted by molar-refractivity contribution is 6.30. The van der Waals surface area contributed by atoms with Gasteiger partial charge in [0, 0.05) is 41.0 Å². The van der Waals surface area contributed by atoms with Crippen molar-refractivity contribution in [3.8, 4) is 11.8 Å². The van der Waals surface area contributed by atoms with Gasteiger partial charge in [0.25, 0.3) is 6.43 Å². The summed E-state index contributed by atoms with van der Waals surface area (Å²) < 4.78 is 46.1. The summed E-state index contributed by atoms with van der Waals surface area (Å²) in [5.41, 5.74) is 1.86. The van der Waals surface area contributed by atoms with Crippen LogP contribution in [0.2, 0.25) is 5.02 Å². The molecule has 3 aromatic rings. The Kier molecular flexibility index (Phi) is 5.12. The van der Waals surface area contributed by atoms with E-state index in [1.165, 1.54) is 12.4 Å². The summed E-state index contributed by atoms with van der Waals surface area (Å²) in [6, 6.07) is 5.15. The quantitative estimate of drug-likeness (QED) is 0.566. The summed E-state index contributed by atoms with van der Waals surface area (Å²) >= 11 is 5.84. The third-order valence-corrected chi connectivity index (χ3v) is 5.40. The van der Waals surface area contributed by atoms with Crippen molar-refractivity contribution in [3.63, 3.8) is 0 Å². The number of nitrogens with one attached hydrogen (secondary N) is 1. The van der Waals surface area contributed by atoms with Crippen molar-refractivity contribution >= 4 is 23.4 Å². The molecule has 1 aliphatic carbocycles. The fraction of sp³-hybridized carbons (Fsp3) is 0.300. The van der Waals surface area contributed by atoms with Gasteiger partial charge in [-0.3, -0.25) is 0 Å². The number of hydrogen-bond donors (Lipinski definition) is 1. The van der Waals surface area contributed by atoms with Gasteiger partial charge in [0.05, 0.1) is 6.04 Å². The molecule has 2 bridgehead atoms. The Labute approximate surface area is 185 Å². The molecule has 12 heteroatoms. The molecule has 0 saturated carbocycles. The van der Waals surface area contributed by atoms with Crippen LogP contribution in [-0.2, 0) is 6.54 Å². The van der Waals surface area contributed by atoms with Crippen molar-refractivity contribution in [1.82, 2.24) is 24.7 Å². The van der Waals surface area contributed by atoms with Crippen LogP contribution in [0.1, 0.15) is 5.69 Å². The minimum atomic E-state index is -2.68. The van der Waals surface area contributed by atoms with Crippen LogP contribution in [0.5, 0.6) is 11.8 Å². The molecule has 3 aliphatic rings. The van der Waals surface area contributed by atoms with Gasteiger partial charge < -0.3 is 15.0 Å². The number of benzene rings is 1. The predicted octanol–water partition coefficient (Wildman–Crippen LogP) is 4.04. The fourth-order valence-corrected chi connectivity index (χ4v) is 4.00. The van der Waals surface area contributed by atoms with Crippen LogP contribution in [-0.4, -0.2) is 43.7 Å². The van der Waals surface area contributed by atoms with E-state index in [1.807, 2.05) is 13.0 Å². The standard InChI is InChI=1S/C20H17ClF3N7O/c1-10-2-17(26-9-25-10)30-7-11-3-15(30)18(11)27-19-28-20(31(29-19)8-16(23)24)32-14-5-12(21)4-13(22)6-14/h2-6,9,11,16,18H,7-8H2,1H3,(H,27,29). The number of ether oxygens (including phenoxy) is 1. The molecular formula is C20H17ClF3N7O. The van der Waals surface area contributed by atoms with E-state index >= 15 is 0 Å². The lowest BCUT2D eigenvalue weighted by atomic mass is 9.91. The average Bonchev–Trinajstić information content (AvgIpc) is 3.39. The van der Waals surface area contributed by atoms with Crippen LogP contribution >= 0.6 is 11.6 Å². The zero-order valence-corrected chi connectivity index (χ0v) is 17.5. The van der Waals surface area contributed by atoms with E-state index in [0.717, 1.165) is 40.6 Å². The number of aryl methyl sites for hydroxylation is 1. The third kappa shape index (κ3) is 3.95. The summed E-state index contributed by atoms with van der Waals surface area (Å²) in [6.45, 7) is 1.89. The summed E-state index contributed by atoms with van der Waals surface area (Å²) in [4.78, 5) is 14.7. The van der Waals surface area contributed by atoms with E-state index in [9.17, 15) is 13.2 Å². The zero-order valence-electron chi connectivity index (χ0n) is 16.7. The number of hydrogen-bond acceptors (Lipinski definition) is 7. The van der Waals surface area contributed by atoms with Gasteiger partial charge in [-0.25, -0.2) is 27.8 Å². The highest BCUT2D eigenvalue weighted by Crippen LogP contribution is 2.42. The normalized spacial score (nSPS) is 19.2. The smallest absolute Gasteiger partial charge is 0.322 e. The topological polar surface area (TPSA) is 81.0 Å². The molecular weight excluding hydrogens is 447 g/mol. The van der Waals surface area contributed by atoms with Crippen LogP contribution < -0.4 is 15.0 Å². The van der Waals surface area contributed by atoms with Gasteiger partial charge in [0.15, 0.2) is 0 Å². The Morgan fingerprint density at radius 1 is 1.25 bits per heavy atom. The molecule has 6 rings (SSSR count). The van der Waals surface area contributed by atoms with E-state index in [4.69, 9.17) is 16.3 Å². The Balaban J connectivity index is 1.35. The van der Waals surface area contributed by atoms with Gasteiger partial charge in [-0.2, -0.15) is 4.98 Å². The number of aromatic nitrogens is 5. The van der Waals surface area contributed by atoms with Crippen molar-refractivity contribution < 1.29 is 17.9 Å². The zero-order chi connectivity index (χ0) is 22.4. The third-order valence-electron chi connectivity index (χ3n) is 5.18. The molecule has 0 spiro atoms. The van der Waals surface area contributed by atoms with Crippen molar-refractivity contribution in [2.45, 2.75) is 25.9 Å². The van der Waals surface area contributed by atoms with E-state index in [0.29, 0.717) is 0 Å². The maximum Gasteiger partial charge on any atom is 0.322 e. The fourth-order valence-electron chi connectivity index (χ4n) is 3.79. The molecule has 2 aromatic heterocycles. The van der Waals surface area contributed by atoms with Gasteiger partial charge in [-0.05, 0) is 19.1 Å². The number of anilines is 2. The lowest BCUT2D eigenvalue weighted by molar-refractivity contribution is 0.118. The van der Waals surface area contributed by atoms with E-state index in [1.54, 1.807) is 0 Å². The lowest BCUT2D eigenvalue weighted by Gasteiger charge is -2.27. The van der Waals surface area contributed by atoms with Crippen molar-refractivity contribution in [2.24, 2.45) is 5.92 Å². The average molecular weight is 464 g/mol. The van der Waals surface area contributed by atoms with Crippen LogP contribution in [0.3, 0.4) is 0 Å². The van der Waals surface area contributed by atoms with Crippen LogP contribution in [0.25, 0.3) is 0 Å². The maximum atomic E-state index is 13.6. The number of halogens is 4. The van der Waals surface area contributed by atoms with Gasteiger partial charge in [-0.1, -0.05) is 17.7 Å². The molecule has 2 atom stereocenters. The number of rotatable bonds is 7. The SMILES string of the molecule is Cc1cc(N2CC3C=C2C3Nc2nc(Oc3cc(F)cc(Cl)c3)n(CC(F)F)n2)ncn1. The molecule has 2 aliphatic heterocycles. The molecule has 1 N–H and O–H groups in total. The highest BCUT2D eigenvalue weighted by atomic mass is 35.5. The first kappa shape index (κ1) is 20.6. The van der Waals surface area contributed by atoms with E-state index < -0.39 is 18.8 Å². The minimum Gasteiger partial charge on any atom is -0.424 e. The van der Waals surface area contributed by atoms with Crippen molar-refractivity contribution in [2.75, 3.05) is 16.8 Å². The van der Waals surface area contributed by atoms with Crippen molar-refractivity contribution in [1.29, 1.82) is 0 Å². The summed E-state index contributed by atoms with van der Waals surface area (Å²) in [6.07, 6.45) is 0.943. The molecule has 32 heavy (non-hydrogen) atoms. The maximum absolute atomic E-state index is 13.6. The molecule has 8 nitrogen and oxygen atoms in total. The largest absolute Gasteiger partial charge is 0.424 e. The summed E-state index contributed by atoms with van der Waals surface area (Å²) in [5, 5.41) is 7.40. The van der Waals surface area contributed by atoms with Gasteiger partial charge in [-0.15, -0.1) is 5.10 Å². The predicted molar refractivity (Wildman–Crippen MR) is 111 cm³/mol. The Morgan fingerprint density at radius 2 is 2.09 bits per heavy atom. The Morgan fingerprint density at radius 3 is 2.84 bits per heavy atom. The molecule has 4 heterocycles. The number of alkyl halides is 2. The first-order chi connectivity index (χ1) is 15.4. The molecule has 1 saturated heterocycles.